The second kappa shape index (κ2) is 15.4. The zero-order valence-corrected chi connectivity index (χ0v) is 27.4. The van der Waals surface area contributed by atoms with E-state index in [-0.39, 0.29) is 39.1 Å². The molecule has 3 aromatic carbocycles. The van der Waals surface area contributed by atoms with Crippen molar-refractivity contribution >= 4 is 46.1 Å². The van der Waals surface area contributed by atoms with Gasteiger partial charge in [-0.3, -0.25) is 13.8 Å². The third kappa shape index (κ3) is 10.5. The van der Waals surface area contributed by atoms with Gasteiger partial charge in [-0.05, 0) is 51.7 Å². The molecule has 2 aliphatic carbocycles. The molecule has 0 spiro atoms. The van der Waals surface area contributed by atoms with Crippen molar-refractivity contribution in [2.24, 2.45) is 11.8 Å². The normalized spacial score (nSPS) is 16.5. The molecule has 1 N–H and O–H groups in total. The van der Waals surface area contributed by atoms with Crippen LogP contribution in [-0.2, 0) is 34.0 Å². The summed E-state index contributed by atoms with van der Waals surface area (Å²) in [6.45, 7) is 5.00. The Labute approximate surface area is 257 Å². The molecule has 2 fully saturated rings. The summed E-state index contributed by atoms with van der Waals surface area (Å²) in [4.78, 5) is 21.5. The predicted octanol–water partition coefficient (Wildman–Crippen LogP) is 6.15. The third-order valence-electron chi connectivity index (χ3n) is 6.44. The van der Waals surface area contributed by atoms with E-state index >= 15 is 0 Å². The van der Waals surface area contributed by atoms with E-state index in [1.165, 1.54) is 36.4 Å². The first-order valence-electron chi connectivity index (χ1n) is 13.2. The summed E-state index contributed by atoms with van der Waals surface area (Å²) in [5.74, 6) is 0.726. The van der Waals surface area contributed by atoms with Gasteiger partial charge in [-0.15, -0.1) is 0 Å². The fourth-order valence-electron chi connectivity index (χ4n) is 3.43. The molecular formula is C31H39IO9S2. The Morgan fingerprint density at radius 1 is 0.767 bits per heavy atom. The van der Waals surface area contributed by atoms with Crippen molar-refractivity contribution in [2.75, 3.05) is 6.61 Å². The van der Waals surface area contributed by atoms with Gasteiger partial charge in [-0.1, -0.05) is 25.1 Å². The molecule has 5 rings (SSSR count). The minimum Gasteiger partial charge on any atom is -0.297 e. The number of carbonyl (C=O) groups is 2. The molecule has 2 aliphatic rings. The Bertz CT molecular complexity index is 1640. The van der Waals surface area contributed by atoms with Crippen LogP contribution in [0.1, 0.15) is 51.2 Å². The molecule has 0 radical (unpaired) electrons. The number of rotatable bonds is 9. The van der Waals surface area contributed by atoms with Gasteiger partial charge in [0.2, 0.25) is 0 Å². The predicted molar refractivity (Wildman–Crippen MR) is 173 cm³/mol. The monoisotopic (exact) mass is 746 g/mol. The number of hydrogen-bond donors (Lipinski definition) is 1. The van der Waals surface area contributed by atoms with E-state index in [0.29, 0.717) is 11.7 Å². The Morgan fingerprint density at radius 3 is 1.60 bits per heavy atom. The van der Waals surface area contributed by atoms with Crippen LogP contribution in [0.5, 0.6) is 0 Å². The number of hydrogen-bond acceptors (Lipinski definition) is 8. The Morgan fingerprint density at radius 2 is 1.21 bits per heavy atom. The van der Waals surface area contributed by atoms with E-state index in [1.54, 1.807) is 49.4 Å². The van der Waals surface area contributed by atoms with E-state index in [9.17, 15) is 32.9 Å². The van der Waals surface area contributed by atoms with Crippen LogP contribution in [-0.4, -0.2) is 38.4 Å². The maximum absolute atomic E-state index is 12.4. The van der Waals surface area contributed by atoms with E-state index in [2.05, 4.69) is 0 Å². The molecule has 0 amide bonds. The summed E-state index contributed by atoms with van der Waals surface area (Å²) < 4.78 is 75.2. The van der Waals surface area contributed by atoms with Crippen LogP contribution in [0.3, 0.4) is 0 Å². The summed E-state index contributed by atoms with van der Waals surface area (Å²) in [7, 11) is -8.03. The van der Waals surface area contributed by atoms with Crippen LogP contribution >= 0.6 is 17.5 Å². The average molecular weight is 747 g/mol. The number of Topliss-reactive ketones (excluding diaryl/α,β-unsaturated/α-hetero) is 2. The van der Waals surface area contributed by atoms with Crippen LogP contribution in [0, 0.1) is 29.3 Å². The number of ketones is 2. The van der Waals surface area contributed by atoms with Gasteiger partial charge in [0.25, 0.3) is 10.1 Å². The van der Waals surface area contributed by atoms with Crippen molar-refractivity contribution in [2.45, 2.75) is 63.7 Å². The summed E-state index contributed by atoms with van der Waals surface area (Å²) in [6.07, 6.45) is 4.00. The molecule has 1 unspecified atom stereocenters. The molecule has 43 heavy (non-hydrogen) atoms. The maximum Gasteiger partial charge on any atom is 0.297 e. The Balaban J connectivity index is 0.000000248. The molecular weight excluding hydrogens is 707 g/mol. The van der Waals surface area contributed by atoms with Crippen molar-refractivity contribution in [3.63, 3.8) is 0 Å². The van der Waals surface area contributed by atoms with E-state index in [1.807, 2.05) is 13.8 Å². The quantitative estimate of drug-likeness (QED) is 0.155. The number of aryl methyl sites for hydroxylation is 2. The van der Waals surface area contributed by atoms with E-state index in [4.69, 9.17) is 4.18 Å². The fraction of sp³-hybridized carbons (Fsp3) is 0.355. The molecule has 0 bridgehead atoms. The van der Waals surface area contributed by atoms with Crippen LogP contribution in [0.15, 0.2) is 88.7 Å². The van der Waals surface area contributed by atoms with Gasteiger partial charge in [-0.25, -0.2) is 0 Å². The first-order valence-corrected chi connectivity index (χ1v) is 21.6. The summed E-state index contributed by atoms with van der Waals surface area (Å²) in [5.41, 5.74) is 1.86. The van der Waals surface area contributed by atoms with E-state index in [0.717, 1.165) is 36.8 Å². The second-order valence-electron chi connectivity index (χ2n) is 10.1. The first kappa shape index (κ1) is 36.5. The fourth-order valence-corrected chi connectivity index (χ4v) is 12.2. The maximum atomic E-state index is 12.4. The van der Waals surface area contributed by atoms with Crippen molar-refractivity contribution < 1.29 is 37.1 Å². The van der Waals surface area contributed by atoms with E-state index < -0.39 is 34.6 Å². The summed E-state index contributed by atoms with van der Waals surface area (Å²) in [6, 6.07) is 19.8. The molecule has 2 saturated carbocycles. The Hall–Kier alpha value is -2.65. The molecule has 3 aromatic rings. The van der Waals surface area contributed by atoms with Gasteiger partial charge in [0, 0.05) is 11.8 Å². The summed E-state index contributed by atoms with van der Waals surface area (Å²) >= 11 is -5.33. The zero-order valence-electron chi connectivity index (χ0n) is 23.6. The van der Waals surface area contributed by atoms with Crippen molar-refractivity contribution in [3.05, 3.63) is 93.6 Å². The largest absolute Gasteiger partial charge is 0.297 e. The van der Waals surface area contributed by atoms with Crippen LogP contribution in [0.2, 0.25) is 0 Å². The standard InChI is InChI=1S/C13H13IO4S.C12H14O4S.C5H8O.CH4/c1-11-7-9-13(10-8-11)19(17,18)14(15,16)12-5-3-2-4-6-12;1-9-2-6-11(7-3-9)17(14,15)16-8-12(13)10-4-5-10;1-4(6)5-2-3-5;/h2-10H,1H3,(H,15,16);2-3,6-7,10H,4-5,8H2,1H3;5H,2-3H2,1H3;1H4. The molecule has 9 nitrogen and oxygen atoms in total. The summed E-state index contributed by atoms with van der Waals surface area (Å²) in [5, 5.41) is 0. The SMILES string of the molecule is C.CC(=O)C1CC1.Cc1ccc(S(=O)(=O)I(=O)(O)c2ccccc2)cc1.Cc1ccc(S(=O)(=O)OCC(=O)C2CC2)cc1. The molecule has 0 saturated heterocycles. The van der Waals surface area contributed by atoms with Gasteiger partial charge in [-0.2, -0.15) is 8.42 Å². The van der Waals surface area contributed by atoms with Crippen molar-refractivity contribution in [1.82, 2.24) is 0 Å². The number of carbonyl (C=O) groups excluding carboxylic acids is 2. The van der Waals surface area contributed by atoms with Crippen LogP contribution in [0.4, 0.5) is 0 Å². The minimum atomic E-state index is -5.33. The number of halogens is 1. The van der Waals surface area contributed by atoms with Gasteiger partial charge in [0.15, 0.2) is 5.78 Å². The second-order valence-corrected chi connectivity index (χ2v) is 23.1. The third-order valence-corrected chi connectivity index (χ3v) is 18.8. The molecule has 0 aromatic heterocycles. The topological polar surface area (TPSA) is 149 Å². The smallest absolute Gasteiger partial charge is 0.297 e. The molecule has 1 atom stereocenters. The van der Waals surface area contributed by atoms with Crippen LogP contribution in [0.25, 0.3) is 0 Å². The first-order chi connectivity index (χ1) is 19.6. The van der Waals surface area contributed by atoms with Gasteiger partial charge >= 0.3 is 115 Å². The van der Waals surface area contributed by atoms with Crippen LogP contribution < -0.4 is 0 Å². The zero-order chi connectivity index (χ0) is 31.1. The molecule has 0 aliphatic heterocycles. The molecule has 236 valence electrons. The van der Waals surface area contributed by atoms with Gasteiger partial charge < -0.3 is 0 Å². The van der Waals surface area contributed by atoms with Crippen molar-refractivity contribution in [3.8, 4) is 0 Å². The van der Waals surface area contributed by atoms with Gasteiger partial charge in [0.1, 0.15) is 12.4 Å². The Kier molecular flexibility index (Phi) is 13.1. The molecule has 0 heterocycles. The average Bonchev–Trinajstić information content (AvgIpc) is 3.86. The number of benzene rings is 3. The van der Waals surface area contributed by atoms with Crippen molar-refractivity contribution in [1.29, 1.82) is 0 Å². The molecule has 12 heteroatoms. The minimum absolute atomic E-state index is 0. The van der Waals surface area contributed by atoms with Gasteiger partial charge in [0.05, 0.1) is 4.90 Å².